The third kappa shape index (κ3) is 4.00. The molecule has 2 nitrogen and oxygen atoms in total. The van der Waals surface area contributed by atoms with Crippen LogP contribution in [0.2, 0.25) is 5.02 Å². The van der Waals surface area contributed by atoms with Crippen molar-refractivity contribution >= 4 is 27.5 Å². The Morgan fingerprint density at radius 2 is 1.95 bits per heavy atom. The summed E-state index contributed by atoms with van der Waals surface area (Å²) in [7, 11) is 0. The van der Waals surface area contributed by atoms with Crippen molar-refractivity contribution in [2.45, 2.75) is 32.4 Å². The summed E-state index contributed by atoms with van der Waals surface area (Å²) in [5, 5.41) is 4.26. The second kappa shape index (κ2) is 6.39. The van der Waals surface area contributed by atoms with Crippen molar-refractivity contribution in [2.24, 2.45) is 0 Å². The quantitative estimate of drug-likeness (QED) is 0.759. The highest BCUT2D eigenvalue weighted by atomic mass is 79.9. The Balaban J connectivity index is 1.82. The molecule has 2 aromatic carbocycles. The molecule has 0 aliphatic heterocycles. The molecule has 1 aliphatic carbocycles. The van der Waals surface area contributed by atoms with Gasteiger partial charge in [0.1, 0.15) is 11.5 Å². The van der Waals surface area contributed by atoms with Gasteiger partial charge in [0.15, 0.2) is 0 Å². The monoisotopic (exact) mass is 365 g/mol. The summed E-state index contributed by atoms with van der Waals surface area (Å²) in [6.07, 6.45) is 2.56. The lowest BCUT2D eigenvalue weighted by Gasteiger charge is -2.14. The van der Waals surface area contributed by atoms with E-state index < -0.39 is 0 Å². The molecule has 0 heterocycles. The Morgan fingerprint density at radius 1 is 1.19 bits per heavy atom. The molecule has 0 bridgehead atoms. The SMILES string of the molecule is Cc1cc(Cl)ccc1Oc1ccc(Br)cc1CNC1CC1. The number of nitrogens with one attached hydrogen (secondary N) is 1. The van der Waals surface area contributed by atoms with Crippen LogP contribution in [-0.2, 0) is 6.54 Å². The highest BCUT2D eigenvalue weighted by Gasteiger charge is 2.20. The lowest BCUT2D eigenvalue weighted by atomic mass is 10.2. The van der Waals surface area contributed by atoms with Crippen molar-refractivity contribution in [3.63, 3.8) is 0 Å². The Bertz CT molecular complexity index is 655. The second-order valence-corrected chi connectivity index (χ2v) is 6.77. The van der Waals surface area contributed by atoms with Gasteiger partial charge < -0.3 is 10.1 Å². The molecule has 1 aliphatic rings. The van der Waals surface area contributed by atoms with E-state index in [1.807, 2.05) is 37.3 Å². The zero-order chi connectivity index (χ0) is 14.8. The largest absolute Gasteiger partial charge is 0.457 e. The van der Waals surface area contributed by atoms with E-state index in [1.54, 1.807) is 0 Å². The van der Waals surface area contributed by atoms with Crippen LogP contribution in [0.25, 0.3) is 0 Å². The molecular formula is C17H17BrClNO. The molecule has 1 fully saturated rings. The maximum Gasteiger partial charge on any atom is 0.132 e. The Labute approximate surface area is 138 Å². The molecule has 3 rings (SSSR count). The maximum atomic E-state index is 6.08. The van der Waals surface area contributed by atoms with E-state index in [4.69, 9.17) is 16.3 Å². The van der Waals surface area contributed by atoms with Gasteiger partial charge in [-0.1, -0.05) is 27.5 Å². The number of benzene rings is 2. The summed E-state index contributed by atoms with van der Waals surface area (Å²) in [6, 6.07) is 12.5. The van der Waals surface area contributed by atoms with Gasteiger partial charge in [-0.05, 0) is 61.7 Å². The van der Waals surface area contributed by atoms with Crippen LogP contribution in [0.5, 0.6) is 11.5 Å². The minimum absolute atomic E-state index is 0.675. The molecule has 4 heteroatoms. The molecule has 110 valence electrons. The van der Waals surface area contributed by atoms with Gasteiger partial charge in [0.25, 0.3) is 0 Å². The van der Waals surface area contributed by atoms with Crippen LogP contribution in [0.15, 0.2) is 40.9 Å². The third-order valence-electron chi connectivity index (χ3n) is 3.54. The molecule has 0 atom stereocenters. The molecule has 0 aromatic heterocycles. The van der Waals surface area contributed by atoms with E-state index in [2.05, 4.69) is 27.3 Å². The Kier molecular flexibility index (Phi) is 4.53. The molecule has 0 radical (unpaired) electrons. The number of hydrogen-bond donors (Lipinski definition) is 1. The van der Waals surface area contributed by atoms with Crippen molar-refractivity contribution < 1.29 is 4.74 Å². The first-order valence-corrected chi connectivity index (χ1v) is 8.25. The van der Waals surface area contributed by atoms with Gasteiger partial charge in [-0.3, -0.25) is 0 Å². The average molecular weight is 367 g/mol. The number of halogens is 2. The van der Waals surface area contributed by atoms with Crippen LogP contribution in [0.4, 0.5) is 0 Å². The molecule has 0 amide bonds. The van der Waals surface area contributed by atoms with Crippen molar-refractivity contribution in [1.82, 2.24) is 5.32 Å². The van der Waals surface area contributed by atoms with Crippen LogP contribution in [0.1, 0.15) is 24.0 Å². The fourth-order valence-electron chi connectivity index (χ4n) is 2.17. The number of rotatable bonds is 5. The summed E-state index contributed by atoms with van der Waals surface area (Å²) in [5.74, 6) is 1.73. The number of aryl methyl sites for hydroxylation is 1. The van der Waals surface area contributed by atoms with Gasteiger partial charge in [0.05, 0.1) is 0 Å². The molecule has 2 aromatic rings. The summed E-state index contributed by atoms with van der Waals surface area (Å²) >= 11 is 9.52. The molecule has 21 heavy (non-hydrogen) atoms. The van der Waals surface area contributed by atoms with Gasteiger partial charge in [0.2, 0.25) is 0 Å². The van der Waals surface area contributed by atoms with Gasteiger partial charge in [-0.15, -0.1) is 0 Å². The molecule has 1 saturated carbocycles. The number of ether oxygens (including phenoxy) is 1. The number of hydrogen-bond acceptors (Lipinski definition) is 2. The topological polar surface area (TPSA) is 21.3 Å². The highest BCUT2D eigenvalue weighted by molar-refractivity contribution is 9.10. The first-order chi connectivity index (χ1) is 10.1. The predicted molar refractivity (Wildman–Crippen MR) is 90.3 cm³/mol. The van der Waals surface area contributed by atoms with Crippen LogP contribution in [0, 0.1) is 6.92 Å². The van der Waals surface area contributed by atoms with Crippen molar-refractivity contribution in [3.05, 3.63) is 57.0 Å². The molecule has 0 saturated heterocycles. The van der Waals surface area contributed by atoms with Gasteiger partial charge in [-0.25, -0.2) is 0 Å². The van der Waals surface area contributed by atoms with E-state index in [1.165, 1.54) is 12.8 Å². The van der Waals surface area contributed by atoms with Crippen molar-refractivity contribution in [1.29, 1.82) is 0 Å². The van der Waals surface area contributed by atoms with Crippen LogP contribution in [0.3, 0.4) is 0 Å². The zero-order valence-corrected chi connectivity index (χ0v) is 14.2. The standard InChI is InChI=1S/C17H17BrClNO/c1-11-8-14(19)3-7-16(11)21-17-6-2-13(18)9-12(17)10-20-15-4-5-15/h2-3,6-9,15,20H,4-5,10H2,1H3. The van der Waals surface area contributed by atoms with Gasteiger partial charge in [-0.2, -0.15) is 0 Å². The summed E-state index contributed by atoms with van der Waals surface area (Å²) in [6.45, 7) is 2.83. The first-order valence-electron chi connectivity index (χ1n) is 7.07. The van der Waals surface area contributed by atoms with E-state index in [0.717, 1.165) is 38.7 Å². The Hall–Kier alpha value is -1.03. The normalized spacial score (nSPS) is 14.2. The van der Waals surface area contributed by atoms with Gasteiger partial charge in [0, 0.05) is 27.6 Å². The van der Waals surface area contributed by atoms with Crippen LogP contribution >= 0.6 is 27.5 Å². The fourth-order valence-corrected chi connectivity index (χ4v) is 2.81. The first kappa shape index (κ1) is 14.9. The van der Waals surface area contributed by atoms with E-state index in [0.29, 0.717) is 6.04 Å². The van der Waals surface area contributed by atoms with Crippen LogP contribution in [-0.4, -0.2) is 6.04 Å². The molecule has 1 N–H and O–H groups in total. The van der Waals surface area contributed by atoms with E-state index in [9.17, 15) is 0 Å². The summed E-state index contributed by atoms with van der Waals surface area (Å²) < 4.78 is 7.15. The predicted octanol–water partition coefficient (Wildman–Crippen LogP) is 5.46. The summed E-state index contributed by atoms with van der Waals surface area (Å²) in [5.41, 5.74) is 2.19. The van der Waals surface area contributed by atoms with E-state index >= 15 is 0 Å². The zero-order valence-electron chi connectivity index (χ0n) is 11.8. The van der Waals surface area contributed by atoms with Crippen molar-refractivity contribution in [3.8, 4) is 11.5 Å². The molecular weight excluding hydrogens is 350 g/mol. The summed E-state index contributed by atoms with van der Waals surface area (Å²) in [4.78, 5) is 0. The highest BCUT2D eigenvalue weighted by Crippen LogP contribution is 2.31. The lowest BCUT2D eigenvalue weighted by molar-refractivity contribution is 0.469. The minimum atomic E-state index is 0.675. The average Bonchev–Trinajstić information content (AvgIpc) is 3.26. The molecule has 0 unspecified atom stereocenters. The second-order valence-electron chi connectivity index (χ2n) is 5.42. The Morgan fingerprint density at radius 3 is 2.67 bits per heavy atom. The van der Waals surface area contributed by atoms with Gasteiger partial charge >= 0.3 is 0 Å². The minimum Gasteiger partial charge on any atom is -0.457 e. The third-order valence-corrected chi connectivity index (χ3v) is 4.27. The maximum absolute atomic E-state index is 6.08. The molecule has 0 spiro atoms. The smallest absolute Gasteiger partial charge is 0.132 e. The fraction of sp³-hybridized carbons (Fsp3) is 0.294. The van der Waals surface area contributed by atoms with Crippen LogP contribution < -0.4 is 10.1 Å². The lowest BCUT2D eigenvalue weighted by Crippen LogP contribution is -2.15. The van der Waals surface area contributed by atoms with Crippen molar-refractivity contribution in [2.75, 3.05) is 0 Å². The van der Waals surface area contributed by atoms with E-state index in [-0.39, 0.29) is 0 Å².